The second kappa shape index (κ2) is 11.2. The van der Waals surface area contributed by atoms with E-state index in [0.717, 1.165) is 11.1 Å². The van der Waals surface area contributed by atoms with Crippen LogP contribution >= 0.6 is 11.3 Å². The Morgan fingerprint density at radius 1 is 1.16 bits per heavy atom. The van der Waals surface area contributed by atoms with Gasteiger partial charge < -0.3 is 14.2 Å². The van der Waals surface area contributed by atoms with E-state index in [-0.39, 0.29) is 17.9 Å². The van der Waals surface area contributed by atoms with Crippen LogP contribution in [0.15, 0.2) is 63.5 Å². The molecule has 3 aromatic rings. The monoisotopic (exact) mass is 534 g/mol. The first-order valence-corrected chi connectivity index (χ1v) is 13.1. The summed E-state index contributed by atoms with van der Waals surface area (Å²) in [6, 6.07) is 12.4. The molecule has 0 spiro atoms. The predicted octanol–water partition coefficient (Wildman–Crippen LogP) is 3.86. The van der Waals surface area contributed by atoms with Crippen LogP contribution in [0.5, 0.6) is 11.5 Å². The molecular formula is C29H30N2O6S. The molecule has 2 aromatic carbocycles. The van der Waals surface area contributed by atoms with Gasteiger partial charge in [0.15, 0.2) is 16.3 Å². The fourth-order valence-corrected chi connectivity index (χ4v) is 5.41. The van der Waals surface area contributed by atoms with Gasteiger partial charge in [0.2, 0.25) is 0 Å². The third-order valence-corrected chi connectivity index (χ3v) is 7.18. The van der Waals surface area contributed by atoms with Crippen molar-refractivity contribution in [1.82, 2.24) is 4.57 Å². The standard InChI is InChI=1S/C29H30N2O6S/c1-7-36-28(34)24-17(4)30-29-31(25(24)20-13-11-19(12-14-20)16(2)3)27(33)23(38-29)15-21-9-8-10-22(35-6)26(21)37-18(5)32/h8-16,25H,7H2,1-6H3. The Morgan fingerprint density at radius 3 is 2.47 bits per heavy atom. The Morgan fingerprint density at radius 2 is 1.87 bits per heavy atom. The Bertz CT molecular complexity index is 1600. The molecule has 4 rings (SSSR count). The van der Waals surface area contributed by atoms with Crippen LogP contribution in [0.4, 0.5) is 0 Å². The lowest BCUT2D eigenvalue weighted by Crippen LogP contribution is -2.40. The molecule has 2 heterocycles. The van der Waals surface area contributed by atoms with Gasteiger partial charge in [0.25, 0.3) is 5.56 Å². The van der Waals surface area contributed by atoms with Gasteiger partial charge in [-0.3, -0.25) is 14.2 Å². The Kier molecular flexibility index (Phi) is 7.97. The number of rotatable bonds is 7. The van der Waals surface area contributed by atoms with Crippen LogP contribution in [0.1, 0.15) is 63.3 Å². The van der Waals surface area contributed by atoms with Gasteiger partial charge in [0.05, 0.1) is 35.6 Å². The van der Waals surface area contributed by atoms with Gasteiger partial charge in [-0.2, -0.15) is 0 Å². The summed E-state index contributed by atoms with van der Waals surface area (Å²) < 4.78 is 18.0. The Labute approximate surface area is 224 Å². The smallest absolute Gasteiger partial charge is 0.338 e. The average molecular weight is 535 g/mol. The summed E-state index contributed by atoms with van der Waals surface area (Å²) in [7, 11) is 1.48. The summed E-state index contributed by atoms with van der Waals surface area (Å²) >= 11 is 1.20. The topological polar surface area (TPSA) is 96.2 Å². The first-order chi connectivity index (χ1) is 18.2. The summed E-state index contributed by atoms with van der Waals surface area (Å²) in [6.45, 7) is 9.20. The molecule has 1 atom stereocenters. The number of nitrogens with zero attached hydrogens (tertiary/aromatic N) is 2. The van der Waals surface area contributed by atoms with Crippen molar-refractivity contribution in [3.8, 4) is 11.5 Å². The molecule has 9 heteroatoms. The number of hydrogen-bond donors (Lipinski definition) is 0. The number of ether oxygens (including phenoxy) is 3. The highest BCUT2D eigenvalue weighted by molar-refractivity contribution is 7.07. The number of para-hydroxylation sites is 1. The highest BCUT2D eigenvalue weighted by Gasteiger charge is 2.33. The number of benzene rings is 2. The molecule has 0 fully saturated rings. The van der Waals surface area contributed by atoms with Crippen molar-refractivity contribution in [2.24, 2.45) is 4.99 Å². The van der Waals surface area contributed by atoms with Crippen LogP contribution in [-0.2, 0) is 14.3 Å². The van der Waals surface area contributed by atoms with Gasteiger partial charge in [-0.1, -0.05) is 61.6 Å². The lowest BCUT2D eigenvalue weighted by Gasteiger charge is -2.25. The zero-order chi connectivity index (χ0) is 27.6. The number of thiazole rings is 1. The molecular weight excluding hydrogens is 504 g/mol. The van der Waals surface area contributed by atoms with Crippen LogP contribution < -0.4 is 24.4 Å². The fourth-order valence-electron chi connectivity index (χ4n) is 4.37. The normalized spacial score (nSPS) is 15.2. The third kappa shape index (κ3) is 5.19. The molecule has 0 saturated carbocycles. The molecule has 0 saturated heterocycles. The number of fused-ring (bicyclic) bond motifs is 1. The van der Waals surface area contributed by atoms with Gasteiger partial charge in [-0.15, -0.1) is 0 Å². The fraction of sp³-hybridized carbons (Fsp3) is 0.310. The molecule has 38 heavy (non-hydrogen) atoms. The zero-order valence-electron chi connectivity index (χ0n) is 22.2. The highest BCUT2D eigenvalue weighted by Crippen LogP contribution is 2.33. The maximum atomic E-state index is 13.9. The largest absolute Gasteiger partial charge is 0.493 e. The third-order valence-electron chi connectivity index (χ3n) is 6.20. The minimum absolute atomic E-state index is 0.202. The first-order valence-electron chi connectivity index (χ1n) is 12.3. The summed E-state index contributed by atoms with van der Waals surface area (Å²) in [5.74, 6) is -0.0963. The SMILES string of the molecule is CCOC(=O)C1=C(C)N=c2sc(=Cc3cccc(OC)c3OC(C)=O)c(=O)n2C1c1ccc(C(C)C)cc1. The van der Waals surface area contributed by atoms with Crippen molar-refractivity contribution in [2.45, 2.75) is 46.6 Å². The van der Waals surface area contributed by atoms with Gasteiger partial charge in [-0.05, 0) is 43.0 Å². The molecule has 1 aliphatic heterocycles. The molecule has 0 aliphatic carbocycles. The van der Waals surface area contributed by atoms with Gasteiger partial charge in [0.1, 0.15) is 0 Å². The van der Waals surface area contributed by atoms with Gasteiger partial charge >= 0.3 is 11.9 Å². The summed E-state index contributed by atoms with van der Waals surface area (Å²) in [5, 5.41) is 0. The molecule has 0 amide bonds. The Balaban J connectivity index is 1.95. The second-order valence-corrected chi connectivity index (χ2v) is 10.1. The lowest BCUT2D eigenvalue weighted by atomic mass is 9.93. The van der Waals surface area contributed by atoms with E-state index >= 15 is 0 Å². The Hall–Kier alpha value is -3.98. The van der Waals surface area contributed by atoms with Crippen molar-refractivity contribution in [1.29, 1.82) is 0 Å². The molecule has 8 nitrogen and oxygen atoms in total. The van der Waals surface area contributed by atoms with E-state index in [1.807, 2.05) is 24.3 Å². The van der Waals surface area contributed by atoms with Crippen LogP contribution in [0, 0.1) is 0 Å². The maximum Gasteiger partial charge on any atom is 0.338 e. The number of hydrogen-bond acceptors (Lipinski definition) is 8. The molecule has 198 valence electrons. The van der Waals surface area contributed by atoms with E-state index in [1.54, 1.807) is 38.1 Å². The van der Waals surface area contributed by atoms with Crippen LogP contribution in [0.25, 0.3) is 6.08 Å². The van der Waals surface area contributed by atoms with Gasteiger partial charge in [0, 0.05) is 12.5 Å². The minimum atomic E-state index is -0.702. The molecule has 1 aromatic heterocycles. The van der Waals surface area contributed by atoms with E-state index < -0.39 is 18.0 Å². The van der Waals surface area contributed by atoms with Gasteiger partial charge in [-0.25, -0.2) is 9.79 Å². The predicted molar refractivity (Wildman–Crippen MR) is 145 cm³/mol. The van der Waals surface area contributed by atoms with E-state index in [1.165, 1.54) is 29.9 Å². The quantitative estimate of drug-likeness (QED) is 0.338. The van der Waals surface area contributed by atoms with Crippen molar-refractivity contribution >= 4 is 29.4 Å². The highest BCUT2D eigenvalue weighted by atomic mass is 32.1. The second-order valence-electron chi connectivity index (χ2n) is 9.10. The number of aromatic nitrogens is 1. The van der Waals surface area contributed by atoms with E-state index in [2.05, 4.69) is 18.8 Å². The molecule has 1 aliphatic rings. The maximum absolute atomic E-state index is 13.9. The van der Waals surface area contributed by atoms with Crippen molar-refractivity contribution in [2.75, 3.05) is 13.7 Å². The van der Waals surface area contributed by atoms with E-state index in [9.17, 15) is 14.4 Å². The minimum Gasteiger partial charge on any atom is -0.493 e. The first kappa shape index (κ1) is 27.1. The summed E-state index contributed by atoms with van der Waals surface area (Å²) in [6.07, 6.45) is 1.65. The molecule has 0 bridgehead atoms. The molecule has 0 N–H and O–H groups in total. The molecule has 1 unspecified atom stereocenters. The number of methoxy groups -OCH3 is 1. The zero-order valence-corrected chi connectivity index (χ0v) is 23.0. The molecule has 0 radical (unpaired) electrons. The van der Waals surface area contributed by atoms with Crippen molar-refractivity contribution in [3.05, 3.63) is 90.1 Å². The van der Waals surface area contributed by atoms with Crippen molar-refractivity contribution < 1.29 is 23.8 Å². The van der Waals surface area contributed by atoms with Crippen molar-refractivity contribution in [3.63, 3.8) is 0 Å². The van der Waals surface area contributed by atoms with E-state index in [0.29, 0.717) is 37.8 Å². The summed E-state index contributed by atoms with van der Waals surface area (Å²) in [4.78, 5) is 43.8. The van der Waals surface area contributed by atoms with Crippen LogP contribution in [0.3, 0.4) is 0 Å². The number of esters is 2. The number of carbonyl (C=O) groups is 2. The lowest BCUT2D eigenvalue weighted by molar-refractivity contribution is -0.139. The van der Waals surface area contributed by atoms with Crippen LogP contribution in [0.2, 0.25) is 0 Å². The van der Waals surface area contributed by atoms with Crippen LogP contribution in [-0.4, -0.2) is 30.2 Å². The summed E-state index contributed by atoms with van der Waals surface area (Å²) in [5.41, 5.74) is 2.93. The average Bonchev–Trinajstić information content (AvgIpc) is 3.18. The van der Waals surface area contributed by atoms with E-state index in [4.69, 9.17) is 14.2 Å². The number of allylic oxidation sites excluding steroid dienone is 1. The number of carbonyl (C=O) groups excluding carboxylic acids is 2.